The molecule has 12 aromatic rings. The molecule has 1 aliphatic carbocycles. The topological polar surface area (TPSA) is 51.8 Å². The molecule has 0 atom stereocenters. The summed E-state index contributed by atoms with van der Waals surface area (Å²) < 4.78 is 6.80. The monoisotopic (exact) mass is 867 g/mol. The molecule has 0 N–H and O–H groups in total. The van der Waals surface area contributed by atoms with Gasteiger partial charge >= 0.3 is 0 Å². The van der Waals surface area contributed by atoms with E-state index in [1.807, 2.05) is 66.7 Å². The molecule has 0 bridgehead atoms. The van der Waals surface area contributed by atoms with Crippen molar-refractivity contribution < 1.29 is 4.42 Å². The van der Waals surface area contributed by atoms with Gasteiger partial charge in [0.05, 0.1) is 5.41 Å². The van der Waals surface area contributed by atoms with E-state index in [0.29, 0.717) is 17.5 Å². The first-order chi connectivity index (χ1) is 33.7. The van der Waals surface area contributed by atoms with Gasteiger partial charge in [-0.3, -0.25) is 0 Å². The number of fused-ring (bicyclic) bond motifs is 6. The van der Waals surface area contributed by atoms with E-state index in [4.69, 9.17) is 19.4 Å². The van der Waals surface area contributed by atoms with E-state index in [1.165, 1.54) is 33.4 Å². The Morgan fingerprint density at radius 1 is 0.279 bits per heavy atom. The van der Waals surface area contributed by atoms with E-state index >= 15 is 0 Å². The van der Waals surface area contributed by atoms with Crippen molar-refractivity contribution in [3.63, 3.8) is 0 Å². The van der Waals surface area contributed by atoms with Gasteiger partial charge in [0, 0.05) is 33.0 Å². The van der Waals surface area contributed by atoms with Gasteiger partial charge in [0.25, 0.3) is 0 Å². The first-order valence-corrected chi connectivity index (χ1v) is 23.1. The summed E-state index contributed by atoms with van der Waals surface area (Å²) in [6.07, 6.45) is 0. The van der Waals surface area contributed by atoms with Crippen molar-refractivity contribution in [2.75, 3.05) is 0 Å². The molecule has 0 unspecified atom stereocenters. The van der Waals surface area contributed by atoms with Gasteiger partial charge in [-0.25, -0.2) is 15.0 Å². The van der Waals surface area contributed by atoms with Crippen LogP contribution in [0.2, 0.25) is 0 Å². The number of aromatic nitrogens is 3. The fourth-order valence-corrected chi connectivity index (χ4v) is 10.6. The highest BCUT2D eigenvalue weighted by Gasteiger charge is 2.46. The average molecular weight is 868 g/mol. The van der Waals surface area contributed by atoms with Gasteiger partial charge in [0.15, 0.2) is 17.5 Å². The van der Waals surface area contributed by atoms with E-state index in [9.17, 15) is 0 Å². The maximum absolute atomic E-state index is 6.80. The zero-order valence-electron chi connectivity index (χ0n) is 36.9. The van der Waals surface area contributed by atoms with Crippen LogP contribution >= 0.6 is 0 Å². The Kier molecular flexibility index (Phi) is 9.36. The Labute approximate surface area is 394 Å². The normalized spacial score (nSPS) is 12.5. The summed E-state index contributed by atoms with van der Waals surface area (Å²) in [5.74, 6) is 1.89. The van der Waals surface area contributed by atoms with Crippen molar-refractivity contribution >= 4 is 21.9 Å². The molecular formula is C64H41N3O. The lowest BCUT2D eigenvalue weighted by Crippen LogP contribution is -2.28. The quantitative estimate of drug-likeness (QED) is 0.153. The van der Waals surface area contributed by atoms with Gasteiger partial charge in [-0.2, -0.15) is 0 Å². The van der Waals surface area contributed by atoms with E-state index in [2.05, 4.69) is 182 Å². The number of hydrogen-bond acceptors (Lipinski definition) is 4. The molecule has 0 saturated carbocycles. The predicted molar refractivity (Wildman–Crippen MR) is 277 cm³/mol. The van der Waals surface area contributed by atoms with Crippen molar-refractivity contribution in [2.24, 2.45) is 0 Å². The van der Waals surface area contributed by atoms with Crippen LogP contribution in [-0.4, -0.2) is 15.0 Å². The zero-order valence-corrected chi connectivity index (χ0v) is 36.9. The Morgan fingerprint density at radius 2 is 0.750 bits per heavy atom. The minimum Gasteiger partial charge on any atom is -0.455 e. The molecule has 0 spiro atoms. The highest BCUT2D eigenvalue weighted by Crippen LogP contribution is 2.58. The lowest BCUT2D eigenvalue weighted by Gasteiger charge is -2.34. The highest BCUT2D eigenvalue weighted by atomic mass is 16.3. The minimum atomic E-state index is -0.569. The summed E-state index contributed by atoms with van der Waals surface area (Å²) in [6, 6.07) is 88.5. The molecule has 1 aliphatic rings. The van der Waals surface area contributed by atoms with Crippen LogP contribution < -0.4 is 0 Å². The summed E-state index contributed by atoms with van der Waals surface area (Å²) in [7, 11) is 0. The number of hydrogen-bond donors (Lipinski definition) is 0. The second kappa shape index (κ2) is 16.2. The molecule has 68 heavy (non-hydrogen) atoms. The zero-order chi connectivity index (χ0) is 45.0. The summed E-state index contributed by atoms with van der Waals surface area (Å²) in [4.78, 5) is 15.1. The predicted octanol–water partition coefficient (Wildman–Crippen LogP) is 16.1. The van der Waals surface area contributed by atoms with Crippen LogP contribution in [-0.2, 0) is 5.41 Å². The van der Waals surface area contributed by atoms with Crippen molar-refractivity contribution in [2.45, 2.75) is 5.41 Å². The van der Waals surface area contributed by atoms with Crippen molar-refractivity contribution in [1.82, 2.24) is 15.0 Å². The standard InChI is InChI=1S/C64H41N3O/c1-5-20-42(21-6-1)61-65-62(43-22-7-2-8-23-43)67-63(66-61)47-27-18-25-45(39-47)44-24-17-26-46(38-44)54-41-58-56(40-55(54)53-35-19-34-52-51-33-14-16-37-59(51)68-60(52)53)50-32-13-15-36-57(50)64(58,48-28-9-3-10-29-48)49-30-11-4-12-31-49/h1-41H. The lowest BCUT2D eigenvalue weighted by molar-refractivity contribution is 0.670. The number of benzene rings is 10. The van der Waals surface area contributed by atoms with E-state index < -0.39 is 5.41 Å². The Balaban J connectivity index is 1.03. The number of rotatable bonds is 8. The van der Waals surface area contributed by atoms with Gasteiger partial charge in [0.1, 0.15) is 11.2 Å². The summed E-state index contributed by atoms with van der Waals surface area (Å²) in [6.45, 7) is 0. The minimum absolute atomic E-state index is 0.569. The number of furan rings is 1. The lowest BCUT2D eigenvalue weighted by atomic mass is 9.67. The van der Waals surface area contributed by atoms with Crippen LogP contribution in [0, 0.1) is 0 Å². The molecule has 2 heterocycles. The molecular weight excluding hydrogens is 827 g/mol. The van der Waals surface area contributed by atoms with Gasteiger partial charge in [-0.15, -0.1) is 0 Å². The van der Waals surface area contributed by atoms with Gasteiger partial charge in [-0.05, 0) is 91.5 Å². The third kappa shape index (κ3) is 6.41. The number of nitrogens with zero attached hydrogens (tertiary/aromatic N) is 3. The van der Waals surface area contributed by atoms with Crippen LogP contribution in [0.15, 0.2) is 253 Å². The van der Waals surface area contributed by atoms with Crippen molar-refractivity contribution in [3.8, 4) is 78.7 Å². The smallest absolute Gasteiger partial charge is 0.164 e. The molecule has 4 nitrogen and oxygen atoms in total. The largest absolute Gasteiger partial charge is 0.455 e. The second-order valence-corrected chi connectivity index (χ2v) is 17.5. The van der Waals surface area contributed by atoms with E-state index in [0.717, 1.165) is 72.0 Å². The number of para-hydroxylation sites is 2. The van der Waals surface area contributed by atoms with E-state index in [-0.39, 0.29) is 0 Å². The average Bonchev–Trinajstić information content (AvgIpc) is 3.95. The Hall–Kier alpha value is -8.99. The summed E-state index contributed by atoms with van der Waals surface area (Å²) in [5, 5.41) is 2.21. The first-order valence-electron chi connectivity index (χ1n) is 23.1. The van der Waals surface area contributed by atoms with Crippen LogP contribution in [0.25, 0.3) is 101 Å². The fourth-order valence-electron chi connectivity index (χ4n) is 10.6. The molecule has 0 saturated heterocycles. The van der Waals surface area contributed by atoms with Gasteiger partial charge in [-0.1, -0.05) is 218 Å². The Morgan fingerprint density at radius 3 is 1.41 bits per heavy atom. The summed E-state index contributed by atoms with van der Waals surface area (Å²) >= 11 is 0. The first kappa shape index (κ1) is 39.4. The van der Waals surface area contributed by atoms with Crippen LogP contribution in [0.1, 0.15) is 22.3 Å². The SMILES string of the molecule is c1ccc(-c2nc(-c3ccccc3)nc(-c3cccc(-c4cccc(-c5cc6c(cc5-c5cccc7c5oc5ccccc57)-c5ccccc5C6(c5ccccc5)c5ccccc5)c4)c3)n2)cc1. The molecule has 318 valence electrons. The molecule has 2 aromatic heterocycles. The molecule has 0 aliphatic heterocycles. The van der Waals surface area contributed by atoms with Gasteiger partial charge < -0.3 is 4.42 Å². The van der Waals surface area contributed by atoms with Crippen LogP contribution in [0.5, 0.6) is 0 Å². The maximum atomic E-state index is 6.80. The van der Waals surface area contributed by atoms with Crippen LogP contribution in [0.4, 0.5) is 0 Å². The molecule has 10 aromatic carbocycles. The Bertz CT molecular complexity index is 3750. The molecule has 13 rings (SSSR count). The van der Waals surface area contributed by atoms with Crippen LogP contribution in [0.3, 0.4) is 0 Å². The third-order valence-corrected chi connectivity index (χ3v) is 13.6. The molecule has 0 radical (unpaired) electrons. The van der Waals surface area contributed by atoms with Crippen molar-refractivity contribution in [1.29, 1.82) is 0 Å². The highest BCUT2D eigenvalue weighted by molar-refractivity contribution is 6.11. The second-order valence-electron chi connectivity index (χ2n) is 17.5. The molecule has 0 fully saturated rings. The third-order valence-electron chi connectivity index (χ3n) is 13.6. The fraction of sp³-hybridized carbons (Fsp3) is 0.0156. The molecule has 4 heteroatoms. The summed E-state index contributed by atoms with van der Waals surface area (Å²) in [5.41, 5.74) is 17.9. The van der Waals surface area contributed by atoms with E-state index in [1.54, 1.807) is 0 Å². The van der Waals surface area contributed by atoms with Crippen molar-refractivity contribution in [3.05, 3.63) is 271 Å². The maximum Gasteiger partial charge on any atom is 0.164 e. The molecule has 0 amide bonds. The van der Waals surface area contributed by atoms with Gasteiger partial charge in [0.2, 0.25) is 0 Å².